The molecule has 1 aliphatic rings. The monoisotopic (exact) mass is 172 g/mol. The standard InChI is InChI=1S/C10H17FO/c1-8(12)7-10(11)9-5-3-2-4-6-9/h9-10H,2-7H2,1H3. The normalized spacial score (nSPS) is 22.2. The van der Waals surface area contributed by atoms with Crippen LogP contribution in [-0.4, -0.2) is 12.0 Å². The van der Waals surface area contributed by atoms with Crippen LogP contribution in [0, 0.1) is 5.92 Å². The van der Waals surface area contributed by atoms with Gasteiger partial charge in [0.05, 0.1) is 0 Å². The van der Waals surface area contributed by atoms with E-state index in [1.807, 2.05) is 0 Å². The first-order valence-electron chi connectivity index (χ1n) is 4.83. The highest BCUT2D eigenvalue weighted by molar-refractivity contribution is 5.75. The number of rotatable bonds is 3. The third-order valence-electron chi connectivity index (χ3n) is 2.64. The van der Waals surface area contributed by atoms with Gasteiger partial charge in [0.1, 0.15) is 12.0 Å². The van der Waals surface area contributed by atoms with Crippen molar-refractivity contribution < 1.29 is 9.18 Å². The molecule has 0 aliphatic heterocycles. The van der Waals surface area contributed by atoms with Gasteiger partial charge in [-0.15, -0.1) is 0 Å². The molecular weight excluding hydrogens is 155 g/mol. The second kappa shape index (κ2) is 4.58. The molecule has 1 fully saturated rings. The van der Waals surface area contributed by atoms with Crippen molar-refractivity contribution in [3.63, 3.8) is 0 Å². The van der Waals surface area contributed by atoms with Gasteiger partial charge in [-0.05, 0) is 25.7 Å². The van der Waals surface area contributed by atoms with Crippen molar-refractivity contribution in [2.75, 3.05) is 0 Å². The zero-order chi connectivity index (χ0) is 8.97. The Morgan fingerprint density at radius 1 is 1.42 bits per heavy atom. The van der Waals surface area contributed by atoms with E-state index in [1.165, 1.54) is 13.3 Å². The third kappa shape index (κ3) is 2.92. The van der Waals surface area contributed by atoms with Gasteiger partial charge in [-0.3, -0.25) is 4.79 Å². The number of Topliss-reactive ketones (excluding diaryl/α,β-unsaturated/α-hetero) is 1. The summed E-state index contributed by atoms with van der Waals surface area (Å²) >= 11 is 0. The molecule has 1 unspecified atom stereocenters. The Labute approximate surface area is 73.3 Å². The van der Waals surface area contributed by atoms with Crippen molar-refractivity contribution in [1.29, 1.82) is 0 Å². The molecule has 0 bridgehead atoms. The lowest BCUT2D eigenvalue weighted by atomic mass is 9.84. The van der Waals surface area contributed by atoms with Gasteiger partial charge in [0, 0.05) is 6.42 Å². The first kappa shape index (κ1) is 9.69. The smallest absolute Gasteiger partial charge is 0.132 e. The summed E-state index contributed by atoms with van der Waals surface area (Å²) in [5, 5.41) is 0. The maximum absolute atomic E-state index is 13.3. The minimum absolute atomic E-state index is 0.0203. The van der Waals surface area contributed by atoms with Crippen molar-refractivity contribution in [2.24, 2.45) is 5.92 Å². The summed E-state index contributed by atoms with van der Waals surface area (Å²) < 4.78 is 13.3. The van der Waals surface area contributed by atoms with Crippen LogP contribution in [0.25, 0.3) is 0 Å². The van der Waals surface area contributed by atoms with Crippen LogP contribution in [0.2, 0.25) is 0 Å². The average molecular weight is 172 g/mol. The van der Waals surface area contributed by atoms with Gasteiger partial charge in [-0.1, -0.05) is 19.3 Å². The fourth-order valence-electron chi connectivity index (χ4n) is 1.94. The summed E-state index contributed by atoms with van der Waals surface area (Å²) in [6.45, 7) is 1.47. The predicted molar refractivity (Wildman–Crippen MR) is 46.8 cm³/mol. The van der Waals surface area contributed by atoms with Crippen LogP contribution in [0.3, 0.4) is 0 Å². The van der Waals surface area contributed by atoms with Crippen molar-refractivity contribution in [1.82, 2.24) is 0 Å². The molecule has 1 rings (SSSR count). The fraction of sp³-hybridized carbons (Fsp3) is 0.900. The highest BCUT2D eigenvalue weighted by Crippen LogP contribution is 2.29. The van der Waals surface area contributed by atoms with Crippen LogP contribution >= 0.6 is 0 Å². The van der Waals surface area contributed by atoms with Crippen molar-refractivity contribution >= 4 is 5.78 Å². The molecule has 0 radical (unpaired) electrons. The van der Waals surface area contributed by atoms with E-state index in [-0.39, 0.29) is 18.1 Å². The number of carbonyl (C=O) groups is 1. The van der Waals surface area contributed by atoms with Crippen LogP contribution in [0.1, 0.15) is 45.4 Å². The molecule has 0 heterocycles. The summed E-state index contributed by atoms with van der Waals surface area (Å²) in [5.41, 5.74) is 0. The summed E-state index contributed by atoms with van der Waals surface area (Å²) in [6, 6.07) is 0. The minimum Gasteiger partial charge on any atom is -0.300 e. The molecule has 1 saturated carbocycles. The number of alkyl halides is 1. The van der Waals surface area contributed by atoms with Gasteiger partial charge in [0.2, 0.25) is 0 Å². The number of hydrogen-bond donors (Lipinski definition) is 0. The molecule has 70 valence electrons. The van der Waals surface area contributed by atoms with Crippen molar-refractivity contribution in [2.45, 2.75) is 51.6 Å². The van der Waals surface area contributed by atoms with E-state index in [0.29, 0.717) is 0 Å². The molecule has 0 aromatic rings. The molecule has 1 atom stereocenters. The van der Waals surface area contributed by atoms with Crippen LogP contribution in [0.15, 0.2) is 0 Å². The number of halogens is 1. The Bertz CT molecular complexity index is 150. The molecule has 1 nitrogen and oxygen atoms in total. The lowest BCUT2D eigenvalue weighted by molar-refractivity contribution is -0.118. The number of ketones is 1. The van der Waals surface area contributed by atoms with E-state index in [4.69, 9.17) is 0 Å². The predicted octanol–water partition coefficient (Wildman–Crippen LogP) is 2.88. The van der Waals surface area contributed by atoms with Gasteiger partial charge >= 0.3 is 0 Å². The molecule has 0 spiro atoms. The second-order valence-corrected chi connectivity index (χ2v) is 3.82. The molecule has 0 amide bonds. The van der Waals surface area contributed by atoms with Crippen LogP contribution in [0.5, 0.6) is 0 Å². The minimum atomic E-state index is -0.872. The molecule has 0 saturated heterocycles. The first-order chi connectivity index (χ1) is 5.70. The molecule has 2 heteroatoms. The molecule has 0 aromatic carbocycles. The molecular formula is C10H17FO. The van der Waals surface area contributed by atoms with E-state index in [1.54, 1.807) is 0 Å². The summed E-state index contributed by atoms with van der Waals surface area (Å²) in [7, 11) is 0. The lowest BCUT2D eigenvalue weighted by Gasteiger charge is -2.24. The third-order valence-corrected chi connectivity index (χ3v) is 2.64. The zero-order valence-corrected chi connectivity index (χ0v) is 7.68. The van der Waals surface area contributed by atoms with E-state index in [2.05, 4.69) is 0 Å². The van der Waals surface area contributed by atoms with Crippen LogP contribution in [0.4, 0.5) is 4.39 Å². The molecule has 0 aromatic heterocycles. The average Bonchev–Trinajstić information content (AvgIpc) is 2.05. The van der Waals surface area contributed by atoms with Crippen LogP contribution in [-0.2, 0) is 4.79 Å². The number of carbonyl (C=O) groups excluding carboxylic acids is 1. The lowest BCUT2D eigenvalue weighted by Crippen LogP contribution is -2.21. The Balaban J connectivity index is 2.29. The maximum atomic E-state index is 13.3. The SMILES string of the molecule is CC(=O)CC(F)C1CCCCC1. The quantitative estimate of drug-likeness (QED) is 0.639. The Morgan fingerprint density at radius 2 is 2.00 bits per heavy atom. The van der Waals surface area contributed by atoms with Gasteiger partial charge in [0.25, 0.3) is 0 Å². The number of hydrogen-bond acceptors (Lipinski definition) is 1. The van der Waals surface area contributed by atoms with E-state index < -0.39 is 6.17 Å². The fourth-order valence-corrected chi connectivity index (χ4v) is 1.94. The van der Waals surface area contributed by atoms with Crippen molar-refractivity contribution in [3.8, 4) is 0 Å². The molecule has 1 aliphatic carbocycles. The summed E-state index contributed by atoms with van der Waals surface area (Å²) in [6.07, 6.45) is 4.74. The summed E-state index contributed by atoms with van der Waals surface area (Å²) in [5.74, 6) is 0.149. The topological polar surface area (TPSA) is 17.1 Å². The zero-order valence-electron chi connectivity index (χ0n) is 7.68. The highest BCUT2D eigenvalue weighted by Gasteiger charge is 2.23. The molecule has 0 N–H and O–H groups in total. The first-order valence-corrected chi connectivity index (χ1v) is 4.83. The van der Waals surface area contributed by atoms with Gasteiger partial charge in [-0.25, -0.2) is 4.39 Å². The van der Waals surface area contributed by atoms with Gasteiger partial charge in [-0.2, -0.15) is 0 Å². The van der Waals surface area contributed by atoms with Gasteiger partial charge < -0.3 is 0 Å². The molecule has 12 heavy (non-hydrogen) atoms. The Hall–Kier alpha value is -0.400. The Kier molecular flexibility index (Phi) is 3.70. The van der Waals surface area contributed by atoms with Crippen LogP contribution < -0.4 is 0 Å². The Morgan fingerprint density at radius 3 is 2.50 bits per heavy atom. The van der Waals surface area contributed by atoms with Crippen molar-refractivity contribution in [3.05, 3.63) is 0 Å². The maximum Gasteiger partial charge on any atom is 0.132 e. The largest absolute Gasteiger partial charge is 0.300 e. The van der Waals surface area contributed by atoms with E-state index >= 15 is 0 Å². The van der Waals surface area contributed by atoms with Gasteiger partial charge in [0.15, 0.2) is 0 Å². The van der Waals surface area contributed by atoms with E-state index in [9.17, 15) is 9.18 Å². The second-order valence-electron chi connectivity index (χ2n) is 3.82. The summed E-state index contributed by atoms with van der Waals surface area (Å²) in [4.78, 5) is 10.7. The van der Waals surface area contributed by atoms with E-state index in [0.717, 1.165) is 25.7 Å². The highest BCUT2D eigenvalue weighted by atomic mass is 19.1.